The molecule has 0 bridgehead atoms. The van der Waals surface area contributed by atoms with E-state index in [1.807, 2.05) is 13.8 Å². The molecule has 0 radical (unpaired) electrons. The maximum absolute atomic E-state index is 13.3. The van der Waals surface area contributed by atoms with Gasteiger partial charge in [0.2, 0.25) is 0 Å². The first-order valence-electron chi connectivity index (χ1n) is 8.17. The van der Waals surface area contributed by atoms with Crippen molar-refractivity contribution >= 4 is 5.96 Å². The highest BCUT2D eigenvalue weighted by molar-refractivity contribution is 5.80. The van der Waals surface area contributed by atoms with Gasteiger partial charge in [-0.25, -0.2) is 8.78 Å². The number of halogens is 2. The summed E-state index contributed by atoms with van der Waals surface area (Å²) in [5.41, 5.74) is 0.666. The van der Waals surface area contributed by atoms with E-state index in [1.54, 1.807) is 6.07 Å². The third kappa shape index (κ3) is 6.14. The van der Waals surface area contributed by atoms with Crippen LogP contribution in [-0.4, -0.2) is 32.3 Å². The quantitative estimate of drug-likeness (QED) is 0.439. The third-order valence-corrected chi connectivity index (χ3v) is 3.70. The molecule has 1 aliphatic carbocycles. The van der Waals surface area contributed by atoms with Crippen molar-refractivity contribution in [3.8, 4) is 0 Å². The Morgan fingerprint density at radius 3 is 2.78 bits per heavy atom. The molecular formula is C17H25F2N3O. The van der Waals surface area contributed by atoms with E-state index in [1.165, 1.54) is 18.9 Å². The van der Waals surface area contributed by atoms with E-state index in [4.69, 9.17) is 4.74 Å². The zero-order chi connectivity index (χ0) is 16.7. The van der Waals surface area contributed by atoms with Gasteiger partial charge in [0.25, 0.3) is 0 Å². The lowest BCUT2D eigenvalue weighted by Crippen LogP contribution is -2.39. The Morgan fingerprint density at radius 1 is 1.35 bits per heavy atom. The lowest BCUT2D eigenvalue weighted by molar-refractivity contribution is 0.131. The van der Waals surface area contributed by atoms with Crippen LogP contribution in [0.2, 0.25) is 0 Å². The summed E-state index contributed by atoms with van der Waals surface area (Å²) in [6.45, 7) is 6.55. The summed E-state index contributed by atoms with van der Waals surface area (Å²) in [6.07, 6.45) is 2.55. The minimum atomic E-state index is -0.841. The van der Waals surface area contributed by atoms with Crippen LogP contribution in [0.15, 0.2) is 23.2 Å². The van der Waals surface area contributed by atoms with Gasteiger partial charge in [0.05, 0.1) is 19.2 Å². The summed E-state index contributed by atoms with van der Waals surface area (Å²) in [5, 5.41) is 6.32. The van der Waals surface area contributed by atoms with E-state index in [0.29, 0.717) is 24.7 Å². The Morgan fingerprint density at radius 2 is 2.13 bits per heavy atom. The van der Waals surface area contributed by atoms with E-state index >= 15 is 0 Å². The molecule has 6 heteroatoms. The molecule has 1 aromatic carbocycles. The molecule has 128 valence electrons. The number of nitrogens with one attached hydrogen (secondary N) is 2. The van der Waals surface area contributed by atoms with Crippen molar-refractivity contribution in [3.63, 3.8) is 0 Å². The molecule has 1 saturated carbocycles. The smallest absolute Gasteiger partial charge is 0.191 e. The Kier molecular flexibility index (Phi) is 6.77. The summed E-state index contributed by atoms with van der Waals surface area (Å²) in [4.78, 5) is 4.44. The minimum Gasteiger partial charge on any atom is -0.379 e. The topological polar surface area (TPSA) is 45.7 Å². The molecule has 0 spiro atoms. The van der Waals surface area contributed by atoms with Gasteiger partial charge in [0, 0.05) is 13.2 Å². The van der Waals surface area contributed by atoms with E-state index in [2.05, 4.69) is 15.6 Å². The zero-order valence-corrected chi connectivity index (χ0v) is 13.7. The van der Waals surface area contributed by atoms with Crippen LogP contribution in [0.3, 0.4) is 0 Å². The van der Waals surface area contributed by atoms with Crippen molar-refractivity contribution in [3.05, 3.63) is 35.4 Å². The van der Waals surface area contributed by atoms with E-state index in [0.717, 1.165) is 25.1 Å². The summed E-state index contributed by atoms with van der Waals surface area (Å²) in [7, 11) is 0. The Hall–Kier alpha value is -1.69. The number of benzene rings is 1. The molecule has 1 unspecified atom stereocenters. The fraction of sp³-hybridized carbons (Fsp3) is 0.588. The van der Waals surface area contributed by atoms with Gasteiger partial charge < -0.3 is 15.4 Å². The van der Waals surface area contributed by atoms with Crippen molar-refractivity contribution in [1.29, 1.82) is 0 Å². The summed E-state index contributed by atoms with van der Waals surface area (Å²) < 4.78 is 31.9. The lowest BCUT2D eigenvalue weighted by Gasteiger charge is -2.18. The van der Waals surface area contributed by atoms with Crippen LogP contribution >= 0.6 is 0 Å². The van der Waals surface area contributed by atoms with Crippen LogP contribution in [0, 0.1) is 17.6 Å². The molecule has 2 N–H and O–H groups in total. The normalized spacial score (nSPS) is 16.3. The van der Waals surface area contributed by atoms with Gasteiger partial charge in [-0.3, -0.25) is 4.99 Å². The maximum atomic E-state index is 13.3. The molecule has 0 aliphatic heterocycles. The SMILES string of the molecule is CCNC(=NCCOCC1CC1)NC(C)c1ccc(F)c(F)c1. The molecule has 2 rings (SSSR count). The van der Waals surface area contributed by atoms with E-state index in [-0.39, 0.29) is 6.04 Å². The monoisotopic (exact) mass is 325 g/mol. The standard InChI is InChI=1S/C17H25F2N3O/c1-3-20-17(21-8-9-23-11-13-4-5-13)22-12(2)14-6-7-15(18)16(19)10-14/h6-7,10,12-13H,3-5,8-9,11H2,1-2H3,(H2,20,21,22). The fourth-order valence-corrected chi connectivity index (χ4v) is 2.15. The molecule has 0 amide bonds. The highest BCUT2D eigenvalue weighted by Crippen LogP contribution is 2.28. The van der Waals surface area contributed by atoms with Crippen molar-refractivity contribution in [2.45, 2.75) is 32.7 Å². The number of ether oxygens (including phenoxy) is 1. The van der Waals surface area contributed by atoms with Crippen LogP contribution in [0.4, 0.5) is 8.78 Å². The van der Waals surface area contributed by atoms with Crippen molar-refractivity contribution < 1.29 is 13.5 Å². The van der Waals surface area contributed by atoms with Crippen molar-refractivity contribution in [2.75, 3.05) is 26.3 Å². The first kappa shape index (κ1) is 17.7. The number of aliphatic imine (C=N–C) groups is 1. The summed E-state index contributed by atoms with van der Waals surface area (Å²) >= 11 is 0. The molecule has 0 saturated heterocycles. The fourth-order valence-electron chi connectivity index (χ4n) is 2.15. The average molecular weight is 325 g/mol. The number of hydrogen-bond acceptors (Lipinski definition) is 2. The summed E-state index contributed by atoms with van der Waals surface area (Å²) in [6, 6.07) is 3.72. The van der Waals surface area contributed by atoms with Crippen LogP contribution in [0.1, 0.15) is 38.3 Å². The Labute approximate surface area is 136 Å². The molecule has 1 aliphatic rings. The van der Waals surface area contributed by atoms with Gasteiger partial charge in [0.15, 0.2) is 17.6 Å². The zero-order valence-electron chi connectivity index (χ0n) is 13.7. The summed E-state index contributed by atoms with van der Waals surface area (Å²) in [5.74, 6) is -0.292. The molecule has 1 aromatic rings. The third-order valence-electron chi connectivity index (χ3n) is 3.70. The number of nitrogens with zero attached hydrogens (tertiary/aromatic N) is 1. The number of guanidine groups is 1. The van der Waals surface area contributed by atoms with Gasteiger partial charge >= 0.3 is 0 Å². The minimum absolute atomic E-state index is 0.185. The number of rotatable bonds is 8. The molecule has 1 atom stereocenters. The average Bonchev–Trinajstić information content (AvgIpc) is 3.34. The number of hydrogen-bond donors (Lipinski definition) is 2. The van der Waals surface area contributed by atoms with Crippen molar-refractivity contribution in [2.24, 2.45) is 10.9 Å². The predicted octanol–water partition coefficient (Wildman–Crippen LogP) is 3.01. The van der Waals surface area contributed by atoms with Gasteiger partial charge in [0.1, 0.15) is 0 Å². The molecule has 0 aromatic heterocycles. The van der Waals surface area contributed by atoms with Gasteiger partial charge in [-0.1, -0.05) is 6.07 Å². The Balaban J connectivity index is 1.84. The van der Waals surface area contributed by atoms with Crippen LogP contribution in [0.25, 0.3) is 0 Å². The maximum Gasteiger partial charge on any atom is 0.191 e. The molecular weight excluding hydrogens is 300 g/mol. The largest absolute Gasteiger partial charge is 0.379 e. The molecule has 23 heavy (non-hydrogen) atoms. The molecule has 1 fully saturated rings. The molecule has 4 nitrogen and oxygen atoms in total. The second-order valence-electron chi connectivity index (χ2n) is 5.82. The van der Waals surface area contributed by atoms with Crippen LogP contribution < -0.4 is 10.6 Å². The Bertz CT molecular complexity index is 533. The molecule has 0 heterocycles. The highest BCUT2D eigenvalue weighted by Gasteiger charge is 2.20. The van der Waals surface area contributed by atoms with Gasteiger partial charge in [-0.15, -0.1) is 0 Å². The van der Waals surface area contributed by atoms with Gasteiger partial charge in [-0.2, -0.15) is 0 Å². The highest BCUT2D eigenvalue weighted by atomic mass is 19.2. The second kappa shape index (κ2) is 8.82. The van der Waals surface area contributed by atoms with Gasteiger partial charge in [-0.05, 0) is 50.3 Å². The van der Waals surface area contributed by atoms with E-state index < -0.39 is 11.6 Å². The lowest BCUT2D eigenvalue weighted by atomic mass is 10.1. The second-order valence-corrected chi connectivity index (χ2v) is 5.82. The van der Waals surface area contributed by atoms with Crippen molar-refractivity contribution in [1.82, 2.24) is 10.6 Å². The van der Waals surface area contributed by atoms with E-state index in [9.17, 15) is 8.78 Å². The first-order valence-corrected chi connectivity index (χ1v) is 8.17. The predicted molar refractivity (Wildman–Crippen MR) is 87.4 cm³/mol. The van der Waals surface area contributed by atoms with Crippen LogP contribution in [-0.2, 0) is 4.74 Å². The van der Waals surface area contributed by atoms with Crippen LogP contribution in [0.5, 0.6) is 0 Å². The first-order chi connectivity index (χ1) is 11.1.